The van der Waals surface area contributed by atoms with Crippen molar-refractivity contribution in [2.45, 2.75) is 57.4 Å². The van der Waals surface area contributed by atoms with Gasteiger partial charge in [0.25, 0.3) is 0 Å². The summed E-state index contributed by atoms with van der Waals surface area (Å²) >= 11 is 1.47. The molecule has 0 saturated heterocycles. The number of carbonyl (C=O) groups is 1. The Labute approximate surface area is 166 Å². The number of anilines is 1. The molecule has 1 aromatic carbocycles. The predicted octanol–water partition coefficient (Wildman–Crippen LogP) is 5.54. The Bertz CT molecular complexity index is 794. The van der Waals surface area contributed by atoms with Gasteiger partial charge < -0.3 is 5.32 Å². The molecule has 1 amide bonds. The van der Waals surface area contributed by atoms with Gasteiger partial charge in [0.2, 0.25) is 5.91 Å². The Morgan fingerprint density at radius 3 is 2.59 bits per heavy atom. The maximum absolute atomic E-state index is 12.2. The molecule has 0 atom stereocenters. The lowest BCUT2D eigenvalue weighted by Crippen LogP contribution is -2.12. The van der Waals surface area contributed by atoms with Crippen LogP contribution in [0.15, 0.2) is 41.4 Å². The number of nitrogens with zero attached hydrogens (tertiary/aromatic N) is 2. The average molecular weight is 382 g/mol. The fraction of sp³-hybridized carbons (Fsp3) is 0.409. The van der Waals surface area contributed by atoms with Gasteiger partial charge in [-0.05, 0) is 48.6 Å². The van der Waals surface area contributed by atoms with E-state index in [1.54, 1.807) is 0 Å². The van der Waals surface area contributed by atoms with E-state index in [0.29, 0.717) is 23.7 Å². The van der Waals surface area contributed by atoms with Gasteiger partial charge in [0.1, 0.15) is 11.1 Å². The Morgan fingerprint density at radius 2 is 1.96 bits per heavy atom. The van der Waals surface area contributed by atoms with Gasteiger partial charge in [-0.2, -0.15) is 5.26 Å². The fourth-order valence-electron chi connectivity index (χ4n) is 2.59. The highest BCUT2D eigenvalue weighted by Gasteiger charge is 2.09. The third kappa shape index (κ3) is 6.73. The van der Waals surface area contributed by atoms with E-state index < -0.39 is 0 Å². The number of nitrogens with one attached hydrogen (secondary N) is 1. The van der Waals surface area contributed by atoms with Gasteiger partial charge in [0.15, 0.2) is 0 Å². The van der Waals surface area contributed by atoms with Gasteiger partial charge in [0, 0.05) is 23.6 Å². The Balaban J connectivity index is 1.87. The molecule has 0 bridgehead atoms. The largest absolute Gasteiger partial charge is 0.326 e. The number of aryl methyl sites for hydroxylation is 1. The third-order valence-corrected chi connectivity index (χ3v) is 5.25. The fourth-order valence-corrected chi connectivity index (χ4v) is 3.52. The predicted molar refractivity (Wildman–Crippen MR) is 112 cm³/mol. The molecule has 4 nitrogen and oxygen atoms in total. The van der Waals surface area contributed by atoms with E-state index in [0.717, 1.165) is 35.7 Å². The van der Waals surface area contributed by atoms with Crippen LogP contribution in [0.1, 0.15) is 62.8 Å². The minimum absolute atomic E-state index is 0.0274. The van der Waals surface area contributed by atoms with Crippen molar-refractivity contribution in [3.8, 4) is 6.07 Å². The minimum atomic E-state index is -0.0274. The van der Waals surface area contributed by atoms with Crippen LogP contribution in [0.4, 0.5) is 5.69 Å². The van der Waals surface area contributed by atoms with Gasteiger partial charge >= 0.3 is 0 Å². The van der Waals surface area contributed by atoms with Crippen molar-refractivity contribution >= 4 is 23.4 Å². The highest BCUT2D eigenvalue weighted by atomic mass is 32.2. The molecule has 0 aliphatic rings. The first-order valence-electron chi connectivity index (χ1n) is 9.46. The first kappa shape index (κ1) is 21.0. The van der Waals surface area contributed by atoms with Crippen molar-refractivity contribution < 1.29 is 4.79 Å². The first-order valence-corrected chi connectivity index (χ1v) is 10.4. The number of rotatable bonds is 9. The van der Waals surface area contributed by atoms with Gasteiger partial charge in [-0.1, -0.05) is 39.3 Å². The Kier molecular flexibility index (Phi) is 8.35. The van der Waals surface area contributed by atoms with E-state index in [4.69, 9.17) is 0 Å². The summed E-state index contributed by atoms with van der Waals surface area (Å²) in [5.41, 5.74) is 3.64. The Morgan fingerprint density at radius 1 is 1.22 bits per heavy atom. The zero-order valence-corrected chi connectivity index (χ0v) is 17.1. The van der Waals surface area contributed by atoms with E-state index in [-0.39, 0.29) is 5.91 Å². The lowest BCUT2D eigenvalue weighted by atomic mass is 10.0. The number of pyridine rings is 1. The van der Waals surface area contributed by atoms with Crippen LogP contribution < -0.4 is 5.32 Å². The van der Waals surface area contributed by atoms with Crippen LogP contribution >= 0.6 is 11.8 Å². The zero-order valence-electron chi connectivity index (χ0n) is 16.3. The summed E-state index contributed by atoms with van der Waals surface area (Å²) in [6.07, 6.45) is 3.49. The third-order valence-electron chi connectivity index (χ3n) is 4.25. The van der Waals surface area contributed by atoms with Crippen LogP contribution in [0.25, 0.3) is 0 Å². The standard InChI is InChI=1S/C22H27N3OS/c1-4-5-6-19-12-9-18(15-23)22(25-19)27-14-13-21(26)24-20-10-7-17(8-11-20)16(2)3/h7-12,16H,4-6,13-14H2,1-3H3,(H,24,26). The lowest BCUT2D eigenvalue weighted by Gasteiger charge is -2.09. The minimum Gasteiger partial charge on any atom is -0.326 e. The summed E-state index contributed by atoms with van der Waals surface area (Å²) in [6.45, 7) is 6.44. The summed E-state index contributed by atoms with van der Waals surface area (Å²) in [4.78, 5) is 16.8. The molecule has 0 unspecified atom stereocenters. The number of hydrogen-bond acceptors (Lipinski definition) is 4. The molecule has 142 valence electrons. The number of carbonyl (C=O) groups excluding carboxylic acids is 1. The van der Waals surface area contributed by atoms with E-state index in [2.05, 4.69) is 37.1 Å². The number of unbranched alkanes of at least 4 members (excludes halogenated alkanes) is 1. The van der Waals surface area contributed by atoms with Crippen LogP contribution in [0.3, 0.4) is 0 Å². The van der Waals surface area contributed by atoms with Gasteiger partial charge in [-0.25, -0.2) is 4.98 Å². The second kappa shape index (κ2) is 10.7. The quantitative estimate of drug-likeness (QED) is 0.579. The van der Waals surface area contributed by atoms with Crippen LogP contribution in [0.5, 0.6) is 0 Å². The molecule has 2 aromatic rings. The van der Waals surface area contributed by atoms with Crippen molar-refractivity contribution in [2.75, 3.05) is 11.1 Å². The highest BCUT2D eigenvalue weighted by Crippen LogP contribution is 2.22. The lowest BCUT2D eigenvalue weighted by molar-refractivity contribution is -0.115. The monoisotopic (exact) mass is 381 g/mol. The van der Waals surface area contributed by atoms with E-state index in [1.807, 2.05) is 36.4 Å². The molecular weight excluding hydrogens is 354 g/mol. The summed E-state index contributed by atoms with van der Waals surface area (Å²) in [5.74, 6) is 1.04. The maximum atomic E-state index is 12.2. The molecule has 0 radical (unpaired) electrons. The molecule has 2 rings (SSSR count). The number of thioether (sulfide) groups is 1. The molecule has 0 aliphatic carbocycles. The molecule has 5 heteroatoms. The molecular formula is C22H27N3OS. The molecule has 27 heavy (non-hydrogen) atoms. The smallest absolute Gasteiger partial charge is 0.225 e. The Hall–Kier alpha value is -2.32. The number of hydrogen-bond donors (Lipinski definition) is 1. The molecule has 0 fully saturated rings. The van der Waals surface area contributed by atoms with Crippen LogP contribution in [-0.2, 0) is 11.2 Å². The number of aromatic nitrogens is 1. The molecule has 0 spiro atoms. The van der Waals surface area contributed by atoms with Crippen molar-refractivity contribution in [3.63, 3.8) is 0 Å². The van der Waals surface area contributed by atoms with E-state index in [9.17, 15) is 10.1 Å². The van der Waals surface area contributed by atoms with Crippen LogP contribution in [-0.4, -0.2) is 16.6 Å². The summed E-state index contributed by atoms with van der Waals surface area (Å²) in [6, 6.07) is 13.9. The van der Waals surface area contributed by atoms with Crippen molar-refractivity contribution in [2.24, 2.45) is 0 Å². The molecule has 1 aromatic heterocycles. The molecule has 0 aliphatic heterocycles. The highest BCUT2D eigenvalue weighted by molar-refractivity contribution is 7.99. The summed E-state index contributed by atoms with van der Waals surface area (Å²) in [7, 11) is 0. The number of benzene rings is 1. The zero-order chi connectivity index (χ0) is 19.6. The normalized spacial score (nSPS) is 10.6. The van der Waals surface area contributed by atoms with Gasteiger partial charge in [-0.3, -0.25) is 4.79 Å². The van der Waals surface area contributed by atoms with Crippen molar-refractivity contribution in [3.05, 3.63) is 53.2 Å². The summed E-state index contributed by atoms with van der Waals surface area (Å²) < 4.78 is 0. The van der Waals surface area contributed by atoms with E-state index in [1.165, 1.54) is 17.3 Å². The summed E-state index contributed by atoms with van der Waals surface area (Å²) in [5, 5.41) is 12.9. The second-order valence-electron chi connectivity index (χ2n) is 6.79. The molecule has 0 saturated carbocycles. The molecule has 1 N–H and O–H groups in total. The first-order chi connectivity index (χ1) is 13.0. The van der Waals surface area contributed by atoms with Crippen LogP contribution in [0.2, 0.25) is 0 Å². The topological polar surface area (TPSA) is 65.8 Å². The average Bonchev–Trinajstić information content (AvgIpc) is 2.67. The SMILES string of the molecule is CCCCc1ccc(C#N)c(SCCC(=O)Nc2ccc(C(C)C)cc2)n1. The maximum Gasteiger partial charge on any atom is 0.225 e. The number of nitriles is 1. The van der Waals surface area contributed by atoms with Gasteiger partial charge in [0.05, 0.1) is 5.56 Å². The number of amides is 1. The van der Waals surface area contributed by atoms with E-state index >= 15 is 0 Å². The second-order valence-corrected chi connectivity index (χ2v) is 7.88. The van der Waals surface area contributed by atoms with Crippen LogP contribution in [0, 0.1) is 11.3 Å². The molecule has 1 heterocycles. The van der Waals surface area contributed by atoms with Gasteiger partial charge in [-0.15, -0.1) is 11.8 Å². The van der Waals surface area contributed by atoms with Crippen molar-refractivity contribution in [1.82, 2.24) is 4.98 Å². The van der Waals surface area contributed by atoms with Crippen molar-refractivity contribution in [1.29, 1.82) is 5.26 Å².